The minimum atomic E-state index is 0.434. The van der Waals surface area contributed by atoms with Gasteiger partial charge in [0, 0.05) is 35.5 Å². The SMILES string of the molecule is CNC(C)Cc1ncc(C)c(OC)c1C. The largest absolute Gasteiger partial charge is 0.496 e. The molecular formula is C12H20N2O. The molecule has 0 amide bonds. The van der Waals surface area contributed by atoms with Crippen LogP contribution in [-0.4, -0.2) is 25.2 Å². The highest BCUT2D eigenvalue weighted by Crippen LogP contribution is 2.24. The molecule has 0 aliphatic rings. The summed E-state index contributed by atoms with van der Waals surface area (Å²) in [5.74, 6) is 0.961. The van der Waals surface area contributed by atoms with E-state index in [0.29, 0.717) is 6.04 Å². The second-order valence-electron chi connectivity index (χ2n) is 3.94. The zero-order valence-corrected chi connectivity index (χ0v) is 10.2. The van der Waals surface area contributed by atoms with Crippen LogP contribution in [0.1, 0.15) is 23.7 Å². The second kappa shape index (κ2) is 5.12. The molecule has 0 saturated heterocycles. The highest BCUT2D eigenvalue weighted by molar-refractivity contribution is 5.41. The van der Waals surface area contributed by atoms with E-state index in [-0.39, 0.29) is 0 Å². The summed E-state index contributed by atoms with van der Waals surface area (Å²) in [5, 5.41) is 3.21. The number of likely N-dealkylation sites (N-methyl/N-ethyl adjacent to an activating group) is 1. The molecule has 0 spiro atoms. The monoisotopic (exact) mass is 208 g/mol. The van der Waals surface area contributed by atoms with Gasteiger partial charge >= 0.3 is 0 Å². The maximum atomic E-state index is 5.37. The highest BCUT2D eigenvalue weighted by atomic mass is 16.5. The highest BCUT2D eigenvalue weighted by Gasteiger charge is 2.11. The Labute approximate surface area is 91.9 Å². The molecule has 84 valence electrons. The standard InChI is InChI=1S/C12H20N2O/c1-8-7-14-11(6-9(2)13-4)10(3)12(8)15-5/h7,9,13H,6H2,1-5H3. The van der Waals surface area contributed by atoms with E-state index < -0.39 is 0 Å². The predicted molar refractivity (Wildman–Crippen MR) is 62.5 cm³/mol. The van der Waals surface area contributed by atoms with E-state index in [4.69, 9.17) is 4.74 Å². The van der Waals surface area contributed by atoms with Gasteiger partial charge in [0.25, 0.3) is 0 Å². The van der Waals surface area contributed by atoms with Crippen LogP contribution in [-0.2, 0) is 6.42 Å². The maximum absolute atomic E-state index is 5.37. The van der Waals surface area contributed by atoms with Gasteiger partial charge in [-0.25, -0.2) is 0 Å². The van der Waals surface area contributed by atoms with Crippen molar-refractivity contribution in [1.82, 2.24) is 10.3 Å². The second-order valence-corrected chi connectivity index (χ2v) is 3.94. The molecule has 0 fully saturated rings. The lowest BCUT2D eigenvalue weighted by Crippen LogP contribution is -2.24. The molecule has 1 aromatic rings. The number of hydrogen-bond donors (Lipinski definition) is 1. The summed E-state index contributed by atoms with van der Waals surface area (Å²) in [6, 6.07) is 0.434. The molecule has 1 atom stereocenters. The zero-order valence-electron chi connectivity index (χ0n) is 10.2. The van der Waals surface area contributed by atoms with E-state index in [2.05, 4.69) is 24.1 Å². The molecule has 1 unspecified atom stereocenters. The predicted octanol–water partition coefficient (Wildman–Crippen LogP) is 1.86. The van der Waals surface area contributed by atoms with E-state index in [1.165, 1.54) is 0 Å². The lowest BCUT2D eigenvalue weighted by molar-refractivity contribution is 0.406. The van der Waals surface area contributed by atoms with Crippen molar-refractivity contribution in [2.24, 2.45) is 0 Å². The molecule has 0 radical (unpaired) electrons. The number of pyridine rings is 1. The van der Waals surface area contributed by atoms with Gasteiger partial charge in [-0.15, -0.1) is 0 Å². The molecule has 1 rings (SSSR count). The maximum Gasteiger partial charge on any atom is 0.128 e. The number of nitrogens with one attached hydrogen (secondary N) is 1. The molecule has 15 heavy (non-hydrogen) atoms. The first-order valence-corrected chi connectivity index (χ1v) is 5.26. The summed E-state index contributed by atoms with van der Waals surface area (Å²) >= 11 is 0. The van der Waals surface area contributed by atoms with Crippen LogP contribution in [0.3, 0.4) is 0 Å². The summed E-state index contributed by atoms with van der Waals surface area (Å²) in [4.78, 5) is 4.45. The Hall–Kier alpha value is -1.09. The van der Waals surface area contributed by atoms with Crippen molar-refractivity contribution in [3.05, 3.63) is 23.0 Å². The van der Waals surface area contributed by atoms with Crippen molar-refractivity contribution >= 4 is 0 Å². The fraction of sp³-hybridized carbons (Fsp3) is 0.583. The third kappa shape index (κ3) is 2.69. The minimum absolute atomic E-state index is 0.434. The Kier molecular flexibility index (Phi) is 4.09. The summed E-state index contributed by atoms with van der Waals surface area (Å²) in [5.41, 5.74) is 3.36. The van der Waals surface area contributed by atoms with Crippen molar-refractivity contribution in [2.75, 3.05) is 14.2 Å². The van der Waals surface area contributed by atoms with Crippen LogP contribution >= 0.6 is 0 Å². The van der Waals surface area contributed by atoms with Crippen LogP contribution in [0.4, 0.5) is 0 Å². The fourth-order valence-corrected chi connectivity index (χ4v) is 1.67. The summed E-state index contributed by atoms with van der Waals surface area (Å²) < 4.78 is 5.37. The van der Waals surface area contributed by atoms with Gasteiger partial charge in [0.1, 0.15) is 5.75 Å². The average Bonchev–Trinajstić information content (AvgIpc) is 2.23. The first-order chi connectivity index (χ1) is 7.10. The van der Waals surface area contributed by atoms with E-state index in [0.717, 1.165) is 29.0 Å². The number of rotatable bonds is 4. The Morgan fingerprint density at radius 1 is 1.47 bits per heavy atom. The molecule has 0 bridgehead atoms. The quantitative estimate of drug-likeness (QED) is 0.820. The van der Waals surface area contributed by atoms with Crippen molar-refractivity contribution in [1.29, 1.82) is 0 Å². The molecular weight excluding hydrogens is 188 g/mol. The first-order valence-electron chi connectivity index (χ1n) is 5.26. The number of nitrogens with zero attached hydrogens (tertiary/aromatic N) is 1. The van der Waals surface area contributed by atoms with Crippen molar-refractivity contribution in [3.8, 4) is 5.75 Å². The van der Waals surface area contributed by atoms with Gasteiger partial charge in [0.2, 0.25) is 0 Å². The minimum Gasteiger partial charge on any atom is -0.496 e. The van der Waals surface area contributed by atoms with E-state index in [1.807, 2.05) is 20.2 Å². The lowest BCUT2D eigenvalue weighted by atomic mass is 10.1. The molecule has 1 aromatic heterocycles. The fourth-order valence-electron chi connectivity index (χ4n) is 1.67. The summed E-state index contributed by atoms with van der Waals surface area (Å²) in [7, 11) is 3.67. The molecule has 0 aliphatic heterocycles. The Morgan fingerprint density at radius 3 is 2.67 bits per heavy atom. The van der Waals surface area contributed by atoms with Gasteiger partial charge < -0.3 is 10.1 Å². The Balaban J connectivity index is 2.99. The summed E-state index contributed by atoms with van der Waals surface area (Å²) in [6.45, 7) is 6.23. The van der Waals surface area contributed by atoms with Crippen molar-refractivity contribution in [3.63, 3.8) is 0 Å². The van der Waals surface area contributed by atoms with E-state index in [9.17, 15) is 0 Å². The normalized spacial score (nSPS) is 12.6. The zero-order chi connectivity index (χ0) is 11.4. The molecule has 0 saturated carbocycles. The molecule has 0 aliphatic carbocycles. The number of methoxy groups -OCH3 is 1. The average molecular weight is 208 g/mol. The summed E-state index contributed by atoms with van der Waals surface area (Å²) in [6.07, 6.45) is 2.81. The third-order valence-corrected chi connectivity index (χ3v) is 2.74. The Morgan fingerprint density at radius 2 is 2.13 bits per heavy atom. The van der Waals surface area contributed by atoms with Gasteiger partial charge in [-0.1, -0.05) is 0 Å². The molecule has 1 heterocycles. The van der Waals surface area contributed by atoms with Gasteiger partial charge in [-0.05, 0) is 27.8 Å². The van der Waals surface area contributed by atoms with Gasteiger partial charge in [0.05, 0.1) is 7.11 Å². The van der Waals surface area contributed by atoms with Gasteiger partial charge in [0.15, 0.2) is 0 Å². The van der Waals surface area contributed by atoms with Crippen LogP contribution in [0.5, 0.6) is 5.75 Å². The van der Waals surface area contributed by atoms with E-state index >= 15 is 0 Å². The number of hydrogen-bond acceptors (Lipinski definition) is 3. The van der Waals surface area contributed by atoms with Crippen molar-refractivity contribution < 1.29 is 4.74 Å². The lowest BCUT2D eigenvalue weighted by Gasteiger charge is -2.15. The molecule has 3 nitrogen and oxygen atoms in total. The van der Waals surface area contributed by atoms with Crippen molar-refractivity contribution in [2.45, 2.75) is 33.2 Å². The van der Waals surface area contributed by atoms with Crippen LogP contribution < -0.4 is 10.1 Å². The Bertz CT molecular complexity index is 337. The van der Waals surface area contributed by atoms with Crippen LogP contribution in [0.2, 0.25) is 0 Å². The van der Waals surface area contributed by atoms with E-state index in [1.54, 1.807) is 7.11 Å². The number of ether oxygens (including phenoxy) is 1. The number of aryl methyl sites for hydroxylation is 1. The van der Waals surface area contributed by atoms with Gasteiger partial charge in [-0.3, -0.25) is 4.98 Å². The van der Waals surface area contributed by atoms with Crippen LogP contribution in [0.15, 0.2) is 6.20 Å². The molecule has 3 heteroatoms. The molecule has 1 N–H and O–H groups in total. The first kappa shape index (κ1) is 12.0. The van der Waals surface area contributed by atoms with Gasteiger partial charge in [-0.2, -0.15) is 0 Å². The smallest absolute Gasteiger partial charge is 0.128 e. The number of aromatic nitrogens is 1. The van der Waals surface area contributed by atoms with Crippen LogP contribution in [0, 0.1) is 13.8 Å². The van der Waals surface area contributed by atoms with Crippen LogP contribution in [0.25, 0.3) is 0 Å². The molecule has 0 aromatic carbocycles. The topological polar surface area (TPSA) is 34.2 Å². The third-order valence-electron chi connectivity index (χ3n) is 2.74.